The molecule has 1 heterocycles. The van der Waals surface area contributed by atoms with E-state index >= 15 is 0 Å². The number of hydrogen-bond donors (Lipinski definition) is 2. The second kappa shape index (κ2) is 5.44. The van der Waals surface area contributed by atoms with Gasteiger partial charge in [-0.25, -0.2) is 0 Å². The first-order chi connectivity index (χ1) is 9.66. The molecule has 1 saturated carbocycles. The van der Waals surface area contributed by atoms with Crippen LogP contribution in [0.1, 0.15) is 31.7 Å². The van der Waals surface area contributed by atoms with Gasteiger partial charge in [-0.2, -0.15) is 0 Å². The maximum atomic E-state index is 11.4. The average Bonchev–Trinajstić information content (AvgIpc) is 2.46. The lowest BCUT2D eigenvalue weighted by molar-refractivity contribution is -0.146. The molecule has 4 heteroatoms. The quantitative estimate of drug-likeness (QED) is 0.870. The van der Waals surface area contributed by atoms with Crippen LogP contribution in [0.4, 0.5) is 5.69 Å². The minimum Gasteiger partial charge on any atom is -0.481 e. The van der Waals surface area contributed by atoms with Crippen molar-refractivity contribution < 1.29 is 9.90 Å². The Morgan fingerprint density at radius 3 is 2.95 bits per heavy atom. The lowest BCUT2D eigenvalue weighted by Crippen LogP contribution is -2.49. The summed E-state index contributed by atoms with van der Waals surface area (Å²) < 4.78 is 0. The summed E-state index contributed by atoms with van der Waals surface area (Å²) in [6.45, 7) is 3.84. The van der Waals surface area contributed by atoms with Gasteiger partial charge in [-0.15, -0.1) is 0 Å². The Bertz CT molecular complexity index is 503. The molecule has 0 bridgehead atoms. The van der Waals surface area contributed by atoms with E-state index in [4.69, 9.17) is 0 Å². The number of para-hydroxylation sites is 1. The molecule has 3 rings (SSSR count). The average molecular weight is 274 g/mol. The Morgan fingerprint density at radius 2 is 2.15 bits per heavy atom. The summed E-state index contributed by atoms with van der Waals surface area (Å²) in [6.07, 6.45) is 2.95. The number of nitrogens with zero attached hydrogens (tertiary/aromatic N) is 1. The first-order valence-electron chi connectivity index (χ1n) is 7.45. The molecule has 108 valence electrons. The number of fused-ring (bicyclic) bond motifs is 1. The van der Waals surface area contributed by atoms with Crippen molar-refractivity contribution in [1.82, 2.24) is 4.90 Å². The van der Waals surface area contributed by atoms with Crippen LogP contribution in [-0.2, 0) is 11.3 Å². The summed E-state index contributed by atoms with van der Waals surface area (Å²) in [5, 5.41) is 12.8. The fourth-order valence-electron chi connectivity index (χ4n) is 3.73. The molecule has 2 aliphatic rings. The lowest BCUT2D eigenvalue weighted by Gasteiger charge is -2.43. The standard InChI is InChI=1S/C16H22N2O2/c1-11-13(16(19)20)6-4-8-15(11)18-9-12-5-2-3-7-14(12)17-10-18/h2-3,5,7,11,13,15,17H,4,6,8-10H2,1H3,(H,19,20). The Labute approximate surface area is 119 Å². The Balaban J connectivity index is 1.75. The highest BCUT2D eigenvalue weighted by Crippen LogP contribution is 2.35. The van der Waals surface area contributed by atoms with E-state index in [0.717, 1.165) is 32.5 Å². The SMILES string of the molecule is CC1C(C(=O)O)CCCC1N1CNc2ccccc2C1. The number of carboxylic acid groups (broad SMARTS) is 1. The molecule has 4 nitrogen and oxygen atoms in total. The molecule has 3 atom stereocenters. The predicted octanol–water partition coefficient (Wildman–Crippen LogP) is 2.76. The van der Waals surface area contributed by atoms with Crippen LogP contribution in [0.5, 0.6) is 0 Å². The van der Waals surface area contributed by atoms with Crippen LogP contribution in [0, 0.1) is 11.8 Å². The molecule has 3 unspecified atom stereocenters. The van der Waals surface area contributed by atoms with Gasteiger partial charge in [0, 0.05) is 18.3 Å². The fourth-order valence-corrected chi connectivity index (χ4v) is 3.73. The van der Waals surface area contributed by atoms with Crippen LogP contribution >= 0.6 is 0 Å². The Kier molecular flexibility index (Phi) is 3.66. The van der Waals surface area contributed by atoms with Crippen LogP contribution in [0.15, 0.2) is 24.3 Å². The molecule has 1 aliphatic carbocycles. The summed E-state index contributed by atoms with van der Waals surface area (Å²) in [5.41, 5.74) is 2.52. The third-order valence-corrected chi connectivity index (χ3v) is 4.91. The van der Waals surface area contributed by atoms with E-state index < -0.39 is 5.97 Å². The highest BCUT2D eigenvalue weighted by molar-refractivity contribution is 5.70. The molecule has 2 N–H and O–H groups in total. The van der Waals surface area contributed by atoms with Crippen LogP contribution in [0.3, 0.4) is 0 Å². The number of nitrogens with one attached hydrogen (secondary N) is 1. The molecule has 0 amide bonds. The molecular weight excluding hydrogens is 252 g/mol. The van der Waals surface area contributed by atoms with Crippen molar-refractivity contribution in [1.29, 1.82) is 0 Å². The smallest absolute Gasteiger partial charge is 0.306 e. The maximum Gasteiger partial charge on any atom is 0.306 e. The number of anilines is 1. The van der Waals surface area contributed by atoms with Gasteiger partial charge in [-0.3, -0.25) is 9.69 Å². The van der Waals surface area contributed by atoms with E-state index in [1.165, 1.54) is 11.3 Å². The maximum absolute atomic E-state index is 11.4. The molecule has 0 radical (unpaired) electrons. The van der Waals surface area contributed by atoms with Gasteiger partial charge < -0.3 is 10.4 Å². The number of aliphatic carboxylic acids is 1. The van der Waals surface area contributed by atoms with Crippen molar-refractivity contribution in [2.24, 2.45) is 11.8 Å². The van der Waals surface area contributed by atoms with E-state index in [2.05, 4.69) is 35.3 Å². The molecule has 20 heavy (non-hydrogen) atoms. The van der Waals surface area contributed by atoms with E-state index in [1.807, 2.05) is 6.07 Å². The first kappa shape index (κ1) is 13.4. The van der Waals surface area contributed by atoms with Crippen molar-refractivity contribution >= 4 is 11.7 Å². The molecule has 0 aromatic heterocycles. The molecule has 1 aliphatic heterocycles. The zero-order valence-corrected chi connectivity index (χ0v) is 11.9. The third-order valence-electron chi connectivity index (χ3n) is 4.91. The number of rotatable bonds is 2. The van der Waals surface area contributed by atoms with Crippen LogP contribution in [0.25, 0.3) is 0 Å². The predicted molar refractivity (Wildman–Crippen MR) is 78.4 cm³/mol. The summed E-state index contributed by atoms with van der Waals surface area (Å²) in [6, 6.07) is 8.73. The highest BCUT2D eigenvalue weighted by Gasteiger charge is 2.38. The van der Waals surface area contributed by atoms with Gasteiger partial charge in [0.2, 0.25) is 0 Å². The van der Waals surface area contributed by atoms with Crippen molar-refractivity contribution in [3.05, 3.63) is 29.8 Å². The van der Waals surface area contributed by atoms with Gasteiger partial charge in [0.1, 0.15) is 0 Å². The van der Waals surface area contributed by atoms with Gasteiger partial charge in [0.05, 0.1) is 12.6 Å². The van der Waals surface area contributed by atoms with E-state index in [9.17, 15) is 9.90 Å². The molecule has 0 spiro atoms. The fraction of sp³-hybridized carbons (Fsp3) is 0.562. The third kappa shape index (κ3) is 2.40. The van der Waals surface area contributed by atoms with E-state index in [-0.39, 0.29) is 11.8 Å². The van der Waals surface area contributed by atoms with Gasteiger partial charge in [0.25, 0.3) is 0 Å². The van der Waals surface area contributed by atoms with Crippen molar-refractivity contribution in [2.45, 2.75) is 38.8 Å². The minimum absolute atomic E-state index is 0.189. The first-order valence-corrected chi connectivity index (χ1v) is 7.45. The van der Waals surface area contributed by atoms with Gasteiger partial charge >= 0.3 is 5.97 Å². The zero-order chi connectivity index (χ0) is 14.1. The topological polar surface area (TPSA) is 52.6 Å². The minimum atomic E-state index is -0.632. The van der Waals surface area contributed by atoms with Crippen molar-refractivity contribution in [2.75, 3.05) is 12.0 Å². The molecule has 1 aromatic rings. The molecule has 1 fully saturated rings. The van der Waals surface area contributed by atoms with E-state index in [0.29, 0.717) is 6.04 Å². The lowest BCUT2D eigenvalue weighted by atomic mass is 9.76. The van der Waals surface area contributed by atoms with Gasteiger partial charge in [-0.1, -0.05) is 31.5 Å². The van der Waals surface area contributed by atoms with Crippen LogP contribution in [-0.4, -0.2) is 28.7 Å². The van der Waals surface area contributed by atoms with Crippen molar-refractivity contribution in [3.63, 3.8) is 0 Å². The highest BCUT2D eigenvalue weighted by atomic mass is 16.4. The number of benzene rings is 1. The number of carbonyl (C=O) groups is 1. The van der Waals surface area contributed by atoms with Gasteiger partial charge in [0.15, 0.2) is 0 Å². The normalized spacial score (nSPS) is 30.4. The second-order valence-electron chi connectivity index (χ2n) is 6.04. The molecular formula is C16H22N2O2. The molecule has 1 aromatic carbocycles. The number of hydrogen-bond acceptors (Lipinski definition) is 3. The zero-order valence-electron chi connectivity index (χ0n) is 11.9. The Hall–Kier alpha value is -1.55. The van der Waals surface area contributed by atoms with E-state index in [1.54, 1.807) is 0 Å². The van der Waals surface area contributed by atoms with Crippen molar-refractivity contribution in [3.8, 4) is 0 Å². The summed E-state index contributed by atoms with van der Waals surface area (Å²) >= 11 is 0. The Morgan fingerprint density at radius 1 is 1.35 bits per heavy atom. The summed E-state index contributed by atoms with van der Waals surface area (Å²) in [7, 11) is 0. The van der Waals surface area contributed by atoms with Gasteiger partial charge in [-0.05, 0) is 30.4 Å². The van der Waals surface area contributed by atoms with Crippen LogP contribution in [0.2, 0.25) is 0 Å². The summed E-state index contributed by atoms with van der Waals surface area (Å²) in [4.78, 5) is 13.8. The largest absolute Gasteiger partial charge is 0.481 e. The summed E-state index contributed by atoms with van der Waals surface area (Å²) in [5.74, 6) is -0.605. The number of carboxylic acids is 1. The van der Waals surface area contributed by atoms with Crippen LogP contribution < -0.4 is 5.32 Å². The monoisotopic (exact) mass is 274 g/mol. The second-order valence-corrected chi connectivity index (χ2v) is 6.04. The molecule has 0 saturated heterocycles.